The summed E-state index contributed by atoms with van der Waals surface area (Å²) in [5, 5.41) is 5.83. The molecule has 0 radical (unpaired) electrons. The fraction of sp³-hybridized carbons (Fsp3) is 0.875. The Hall–Kier alpha value is -0.810. The summed E-state index contributed by atoms with van der Waals surface area (Å²) in [5.41, 5.74) is 5.33. The second kappa shape index (κ2) is 5.04. The van der Waals surface area contributed by atoms with E-state index in [-0.39, 0.29) is 6.03 Å². The van der Waals surface area contributed by atoms with E-state index in [0.717, 1.165) is 26.2 Å². The van der Waals surface area contributed by atoms with Crippen LogP contribution in [-0.4, -0.2) is 50.7 Å². The first-order chi connectivity index (χ1) is 6.27. The maximum atomic E-state index is 11.0. The van der Waals surface area contributed by atoms with Crippen molar-refractivity contribution in [2.24, 2.45) is 11.7 Å². The maximum Gasteiger partial charge on any atom is 0.317 e. The molecule has 4 N–H and O–H groups in total. The Kier molecular flexibility index (Phi) is 3.98. The number of likely N-dealkylation sites (tertiary alicyclic amines) is 1. The zero-order valence-corrected chi connectivity index (χ0v) is 8.05. The number of urea groups is 1. The van der Waals surface area contributed by atoms with Crippen LogP contribution >= 0.6 is 0 Å². The second-order valence-electron chi connectivity index (χ2n) is 3.32. The predicted molar refractivity (Wildman–Crippen MR) is 51.4 cm³/mol. The van der Waals surface area contributed by atoms with Gasteiger partial charge in [0.25, 0.3) is 0 Å². The van der Waals surface area contributed by atoms with Gasteiger partial charge < -0.3 is 21.3 Å². The van der Waals surface area contributed by atoms with Crippen molar-refractivity contribution >= 4 is 6.03 Å². The van der Waals surface area contributed by atoms with Gasteiger partial charge in [0, 0.05) is 45.7 Å². The Morgan fingerprint density at radius 2 is 2.31 bits per heavy atom. The largest absolute Gasteiger partial charge is 0.341 e. The fourth-order valence-electron chi connectivity index (χ4n) is 1.43. The molecule has 1 fully saturated rings. The highest BCUT2D eigenvalue weighted by Gasteiger charge is 2.29. The Bertz CT molecular complexity index is 168. The fourth-order valence-corrected chi connectivity index (χ4v) is 1.43. The van der Waals surface area contributed by atoms with Crippen molar-refractivity contribution in [2.45, 2.75) is 0 Å². The van der Waals surface area contributed by atoms with E-state index in [0.29, 0.717) is 12.5 Å². The van der Waals surface area contributed by atoms with Gasteiger partial charge in [-0.25, -0.2) is 4.79 Å². The lowest BCUT2D eigenvalue weighted by Crippen LogP contribution is -2.55. The highest BCUT2D eigenvalue weighted by atomic mass is 16.2. The first kappa shape index (κ1) is 10.3. The first-order valence-electron chi connectivity index (χ1n) is 4.65. The number of nitrogens with zero attached hydrogens (tertiary/aromatic N) is 1. The smallest absolute Gasteiger partial charge is 0.317 e. The van der Waals surface area contributed by atoms with Gasteiger partial charge in [-0.05, 0) is 0 Å². The maximum absolute atomic E-state index is 11.0. The molecule has 0 aliphatic carbocycles. The quantitative estimate of drug-likeness (QED) is 0.483. The Morgan fingerprint density at radius 3 is 2.85 bits per heavy atom. The minimum atomic E-state index is 0.0232. The van der Waals surface area contributed by atoms with Crippen molar-refractivity contribution < 1.29 is 4.79 Å². The topological polar surface area (TPSA) is 70.4 Å². The van der Waals surface area contributed by atoms with Crippen molar-refractivity contribution in [3.8, 4) is 0 Å². The van der Waals surface area contributed by atoms with Gasteiger partial charge >= 0.3 is 6.03 Å². The molecule has 2 amide bonds. The van der Waals surface area contributed by atoms with Crippen LogP contribution in [0, 0.1) is 5.92 Å². The van der Waals surface area contributed by atoms with Gasteiger partial charge in [0.2, 0.25) is 0 Å². The summed E-state index contributed by atoms with van der Waals surface area (Å²) in [4.78, 5) is 12.8. The van der Waals surface area contributed by atoms with Crippen LogP contribution in [-0.2, 0) is 0 Å². The lowest BCUT2D eigenvalue weighted by molar-refractivity contribution is 0.121. The summed E-state index contributed by atoms with van der Waals surface area (Å²) in [7, 11) is 1.66. The number of hydrogen-bond donors (Lipinski definition) is 3. The van der Waals surface area contributed by atoms with Gasteiger partial charge in [-0.2, -0.15) is 0 Å². The minimum absolute atomic E-state index is 0.0232. The van der Waals surface area contributed by atoms with Gasteiger partial charge in [-0.3, -0.25) is 0 Å². The molecule has 0 unspecified atom stereocenters. The van der Waals surface area contributed by atoms with Crippen molar-refractivity contribution in [1.82, 2.24) is 15.5 Å². The molecule has 1 aliphatic rings. The average molecular weight is 186 g/mol. The number of carbonyl (C=O) groups is 1. The third kappa shape index (κ3) is 2.86. The van der Waals surface area contributed by atoms with Crippen LogP contribution in [0.1, 0.15) is 0 Å². The number of hydrogen-bond acceptors (Lipinski definition) is 3. The molecule has 0 atom stereocenters. The van der Waals surface area contributed by atoms with E-state index in [1.165, 1.54) is 0 Å². The molecular weight excluding hydrogens is 168 g/mol. The van der Waals surface area contributed by atoms with Crippen LogP contribution in [0.25, 0.3) is 0 Å². The van der Waals surface area contributed by atoms with Crippen LogP contribution in [0.3, 0.4) is 0 Å². The molecule has 5 nitrogen and oxygen atoms in total. The van der Waals surface area contributed by atoms with Crippen molar-refractivity contribution in [1.29, 1.82) is 0 Å². The number of amides is 2. The number of nitrogens with two attached hydrogens (primary N) is 1. The molecule has 0 aromatic rings. The summed E-state index contributed by atoms with van der Waals surface area (Å²) in [6.07, 6.45) is 0. The standard InChI is InChI=1S/C8H18N4O/c1-10-8(13)12-5-7(6-12)4-11-3-2-9/h7,11H,2-6,9H2,1H3,(H,10,13). The Labute approximate surface area is 78.6 Å². The number of rotatable bonds is 4. The van der Waals surface area contributed by atoms with Crippen LogP contribution in [0.2, 0.25) is 0 Å². The molecule has 1 aliphatic heterocycles. The zero-order valence-electron chi connectivity index (χ0n) is 8.05. The minimum Gasteiger partial charge on any atom is -0.341 e. The van der Waals surface area contributed by atoms with E-state index < -0.39 is 0 Å². The van der Waals surface area contributed by atoms with E-state index in [1.807, 2.05) is 0 Å². The van der Waals surface area contributed by atoms with Gasteiger partial charge in [0.05, 0.1) is 0 Å². The van der Waals surface area contributed by atoms with E-state index in [9.17, 15) is 4.79 Å². The van der Waals surface area contributed by atoms with Gasteiger partial charge in [0.15, 0.2) is 0 Å². The van der Waals surface area contributed by atoms with Crippen LogP contribution in [0.15, 0.2) is 0 Å². The van der Waals surface area contributed by atoms with Crippen molar-refractivity contribution in [3.05, 3.63) is 0 Å². The summed E-state index contributed by atoms with van der Waals surface area (Å²) in [5.74, 6) is 0.601. The molecule has 1 saturated heterocycles. The van der Waals surface area contributed by atoms with E-state index in [4.69, 9.17) is 5.73 Å². The lowest BCUT2D eigenvalue weighted by atomic mass is 10.0. The molecule has 13 heavy (non-hydrogen) atoms. The average Bonchev–Trinajstić information content (AvgIpc) is 2.08. The monoisotopic (exact) mass is 186 g/mol. The first-order valence-corrected chi connectivity index (χ1v) is 4.65. The molecule has 5 heteroatoms. The van der Waals surface area contributed by atoms with E-state index in [2.05, 4.69) is 10.6 Å². The van der Waals surface area contributed by atoms with Gasteiger partial charge in [0.1, 0.15) is 0 Å². The molecule has 76 valence electrons. The Morgan fingerprint density at radius 1 is 1.62 bits per heavy atom. The third-order valence-corrected chi connectivity index (χ3v) is 2.21. The number of carbonyl (C=O) groups excluding carboxylic acids is 1. The van der Waals surface area contributed by atoms with Crippen LogP contribution in [0.4, 0.5) is 4.79 Å². The number of nitrogens with one attached hydrogen (secondary N) is 2. The third-order valence-electron chi connectivity index (χ3n) is 2.21. The van der Waals surface area contributed by atoms with Crippen LogP contribution < -0.4 is 16.4 Å². The molecular formula is C8H18N4O. The highest BCUT2D eigenvalue weighted by molar-refractivity contribution is 5.74. The summed E-state index contributed by atoms with van der Waals surface area (Å²) in [6.45, 7) is 4.21. The van der Waals surface area contributed by atoms with Crippen molar-refractivity contribution in [2.75, 3.05) is 39.8 Å². The zero-order chi connectivity index (χ0) is 9.68. The van der Waals surface area contributed by atoms with Gasteiger partial charge in [-0.15, -0.1) is 0 Å². The Balaban J connectivity index is 2.01. The van der Waals surface area contributed by atoms with Crippen molar-refractivity contribution in [3.63, 3.8) is 0 Å². The second-order valence-corrected chi connectivity index (χ2v) is 3.32. The van der Waals surface area contributed by atoms with E-state index >= 15 is 0 Å². The molecule has 1 rings (SSSR count). The van der Waals surface area contributed by atoms with Crippen LogP contribution in [0.5, 0.6) is 0 Å². The predicted octanol–water partition coefficient (Wildman–Crippen LogP) is -1.19. The SMILES string of the molecule is CNC(=O)N1CC(CNCCN)C1. The molecule has 0 spiro atoms. The molecule has 1 heterocycles. The molecule has 0 bridgehead atoms. The molecule has 0 saturated carbocycles. The highest BCUT2D eigenvalue weighted by Crippen LogP contribution is 2.13. The molecule has 0 aromatic heterocycles. The lowest BCUT2D eigenvalue weighted by Gasteiger charge is -2.38. The summed E-state index contributed by atoms with van der Waals surface area (Å²) >= 11 is 0. The van der Waals surface area contributed by atoms with E-state index in [1.54, 1.807) is 11.9 Å². The van der Waals surface area contributed by atoms with Gasteiger partial charge in [-0.1, -0.05) is 0 Å². The molecule has 0 aromatic carbocycles. The normalized spacial score (nSPS) is 16.9. The summed E-state index contributed by atoms with van der Waals surface area (Å²) < 4.78 is 0. The summed E-state index contributed by atoms with van der Waals surface area (Å²) in [6, 6.07) is 0.0232.